The first-order valence-corrected chi connectivity index (χ1v) is 8.55. The molecule has 4 heteroatoms. The summed E-state index contributed by atoms with van der Waals surface area (Å²) in [6, 6.07) is 0. The van der Waals surface area contributed by atoms with Gasteiger partial charge < -0.3 is 10.1 Å². The zero-order chi connectivity index (χ0) is 15.1. The summed E-state index contributed by atoms with van der Waals surface area (Å²) in [4.78, 5) is 9.66. The number of rotatable bonds is 7. The van der Waals surface area contributed by atoms with Crippen molar-refractivity contribution in [2.45, 2.75) is 71.8 Å². The molecule has 0 fully saturated rings. The van der Waals surface area contributed by atoms with Crippen LogP contribution >= 0.6 is 0 Å². The molecule has 0 spiro atoms. The van der Waals surface area contributed by atoms with Gasteiger partial charge in [0.15, 0.2) is 5.82 Å². The van der Waals surface area contributed by atoms with E-state index in [4.69, 9.17) is 14.7 Å². The molecule has 1 N–H and O–H groups in total. The molecule has 0 aromatic carbocycles. The SMILES string of the molecule is CCCNc1nc(C(CC)OCC)nc2c1CCCCC2. The lowest BCUT2D eigenvalue weighted by Crippen LogP contribution is -2.15. The normalized spacial score (nSPS) is 16.1. The van der Waals surface area contributed by atoms with Crippen molar-refractivity contribution < 1.29 is 4.74 Å². The van der Waals surface area contributed by atoms with Crippen molar-refractivity contribution in [3.8, 4) is 0 Å². The molecule has 1 aliphatic carbocycles. The fourth-order valence-electron chi connectivity index (χ4n) is 2.90. The molecule has 118 valence electrons. The average Bonchev–Trinajstić information content (AvgIpc) is 2.75. The summed E-state index contributed by atoms with van der Waals surface area (Å²) in [5.41, 5.74) is 2.59. The van der Waals surface area contributed by atoms with Crippen LogP contribution in [0.15, 0.2) is 0 Å². The molecule has 4 nitrogen and oxygen atoms in total. The van der Waals surface area contributed by atoms with E-state index in [1.807, 2.05) is 6.92 Å². The minimum Gasteiger partial charge on any atom is -0.371 e. The van der Waals surface area contributed by atoms with E-state index < -0.39 is 0 Å². The molecular formula is C17H29N3O. The largest absolute Gasteiger partial charge is 0.371 e. The lowest BCUT2D eigenvalue weighted by atomic mass is 10.1. The fourth-order valence-corrected chi connectivity index (χ4v) is 2.90. The van der Waals surface area contributed by atoms with E-state index >= 15 is 0 Å². The summed E-state index contributed by atoms with van der Waals surface area (Å²) in [5.74, 6) is 1.91. The van der Waals surface area contributed by atoms with Gasteiger partial charge in [0.2, 0.25) is 0 Å². The molecule has 1 heterocycles. The van der Waals surface area contributed by atoms with E-state index in [-0.39, 0.29) is 6.10 Å². The molecule has 1 aromatic rings. The Bertz CT molecular complexity index is 448. The van der Waals surface area contributed by atoms with Gasteiger partial charge in [0.25, 0.3) is 0 Å². The van der Waals surface area contributed by atoms with Gasteiger partial charge >= 0.3 is 0 Å². The molecule has 1 aromatic heterocycles. The Morgan fingerprint density at radius 3 is 2.62 bits per heavy atom. The second-order valence-corrected chi connectivity index (χ2v) is 5.70. The van der Waals surface area contributed by atoms with Gasteiger partial charge in [-0.15, -0.1) is 0 Å². The Balaban J connectivity index is 2.35. The molecule has 21 heavy (non-hydrogen) atoms. The van der Waals surface area contributed by atoms with Gasteiger partial charge in [-0.2, -0.15) is 0 Å². The molecule has 0 saturated carbocycles. The van der Waals surface area contributed by atoms with Crippen LogP contribution in [0.1, 0.15) is 76.1 Å². The molecule has 1 aliphatic rings. The first kappa shape index (κ1) is 16.2. The van der Waals surface area contributed by atoms with Crippen molar-refractivity contribution >= 4 is 5.82 Å². The van der Waals surface area contributed by atoms with E-state index in [1.54, 1.807) is 0 Å². The summed E-state index contributed by atoms with van der Waals surface area (Å²) >= 11 is 0. The zero-order valence-electron chi connectivity index (χ0n) is 13.7. The molecule has 0 aliphatic heterocycles. The Hall–Kier alpha value is -1.16. The number of nitrogens with zero attached hydrogens (tertiary/aromatic N) is 2. The third-order valence-corrected chi connectivity index (χ3v) is 4.02. The second-order valence-electron chi connectivity index (χ2n) is 5.70. The predicted octanol–water partition coefficient (Wildman–Crippen LogP) is 4.06. The predicted molar refractivity (Wildman–Crippen MR) is 86.7 cm³/mol. The number of nitrogens with one attached hydrogen (secondary N) is 1. The van der Waals surface area contributed by atoms with Gasteiger partial charge in [-0.1, -0.05) is 20.3 Å². The van der Waals surface area contributed by atoms with Gasteiger partial charge in [-0.3, -0.25) is 0 Å². The molecule has 2 rings (SSSR count). The van der Waals surface area contributed by atoms with Crippen molar-refractivity contribution in [2.24, 2.45) is 0 Å². The van der Waals surface area contributed by atoms with E-state index in [0.29, 0.717) is 6.61 Å². The third-order valence-electron chi connectivity index (χ3n) is 4.02. The van der Waals surface area contributed by atoms with Crippen molar-refractivity contribution in [1.29, 1.82) is 0 Å². The van der Waals surface area contributed by atoms with Crippen LogP contribution in [0.25, 0.3) is 0 Å². The monoisotopic (exact) mass is 291 g/mol. The number of ether oxygens (including phenoxy) is 1. The maximum atomic E-state index is 5.81. The summed E-state index contributed by atoms with van der Waals surface area (Å²) in [5, 5.41) is 3.51. The van der Waals surface area contributed by atoms with E-state index in [0.717, 1.165) is 43.9 Å². The maximum absolute atomic E-state index is 5.81. The number of aromatic nitrogens is 2. The van der Waals surface area contributed by atoms with Crippen molar-refractivity contribution in [1.82, 2.24) is 9.97 Å². The van der Waals surface area contributed by atoms with E-state index in [1.165, 1.54) is 30.5 Å². The average molecular weight is 291 g/mol. The van der Waals surface area contributed by atoms with Crippen LogP contribution in [0, 0.1) is 0 Å². The molecule has 1 unspecified atom stereocenters. The minimum atomic E-state index is 0.0192. The van der Waals surface area contributed by atoms with Crippen LogP contribution in [0.2, 0.25) is 0 Å². The van der Waals surface area contributed by atoms with E-state index in [9.17, 15) is 0 Å². The summed E-state index contributed by atoms with van der Waals surface area (Å²) in [6.45, 7) is 8.02. The highest BCUT2D eigenvalue weighted by atomic mass is 16.5. The Morgan fingerprint density at radius 2 is 1.90 bits per heavy atom. The second kappa shape index (κ2) is 8.32. The first-order chi connectivity index (χ1) is 10.3. The van der Waals surface area contributed by atoms with E-state index in [2.05, 4.69) is 19.2 Å². The number of anilines is 1. The van der Waals surface area contributed by atoms with Crippen molar-refractivity contribution in [3.05, 3.63) is 17.1 Å². The highest BCUT2D eigenvalue weighted by Gasteiger charge is 2.20. The number of hydrogen-bond donors (Lipinski definition) is 1. The Kier molecular flexibility index (Phi) is 6.43. The third kappa shape index (κ3) is 4.16. The maximum Gasteiger partial charge on any atom is 0.159 e. The molecule has 0 amide bonds. The topological polar surface area (TPSA) is 47.0 Å². The van der Waals surface area contributed by atoms with Crippen LogP contribution in [-0.4, -0.2) is 23.1 Å². The van der Waals surface area contributed by atoms with Gasteiger partial charge in [-0.05, 0) is 45.4 Å². The molecular weight excluding hydrogens is 262 g/mol. The Labute approximate surface area is 128 Å². The first-order valence-electron chi connectivity index (χ1n) is 8.55. The van der Waals surface area contributed by atoms with Crippen LogP contribution < -0.4 is 5.32 Å². The standard InChI is InChI=1S/C17H29N3O/c1-4-12-18-16-13-10-8-7-9-11-14(13)19-17(20-16)15(5-2)21-6-3/h15H,4-12H2,1-3H3,(H,18,19,20). The van der Waals surface area contributed by atoms with Crippen LogP contribution in [0.5, 0.6) is 0 Å². The van der Waals surface area contributed by atoms with Crippen LogP contribution in [-0.2, 0) is 17.6 Å². The lowest BCUT2D eigenvalue weighted by Gasteiger charge is -2.19. The molecule has 0 bridgehead atoms. The summed E-state index contributed by atoms with van der Waals surface area (Å²) in [7, 11) is 0. The van der Waals surface area contributed by atoms with Crippen LogP contribution in [0.4, 0.5) is 5.82 Å². The minimum absolute atomic E-state index is 0.0192. The van der Waals surface area contributed by atoms with Crippen molar-refractivity contribution in [2.75, 3.05) is 18.5 Å². The lowest BCUT2D eigenvalue weighted by molar-refractivity contribution is 0.0534. The van der Waals surface area contributed by atoms with Gasteiger partial charge in [0.05, 0.1) is 0 Å². The van der Waals surface area contributed by atoms with Crippen molar-refractivity contribution in [3.63, 3.8) is 0 Å². The van der Waals surface area contributed by atoms with Gasteiger partial charge in [-0.25, -0.2) is 9.97 Å². The number of aryl methyl sites for hydroxylation is 1. The number of hydrogen-bond acceptors (Lipinski definition) is 4. The van der Waals surface area contributed by atoms with Crippen LogP contribution in [0.3, 0.4) is 0 Å². The smallest absolute Gasteiger partial charge is 0.159 e. The quantitative estimate of drug-likeness (QED) is 0.770. The van der Waals surface area contributed by atoms with Gasteiger partial charge in [0, 0.05) is 24.4 Å². The highest BCUT2D eigenvalue weighted by Crippen LogP contribution is 2.28. The molecule has 1 atom stereocenters. The van der Waals surface area contributed by atoms with Gasteiger partial charge in [0.1, 0.15) is 11.9 Å². The number of fused-ring (bicyclic) bond motifs is 1. The Morgan fingerprint density at radius 1 is 1.10 bits per heavy atom. The zero-order valence-corrected chi connectivity index (χ0v) is 13.7. The molecule has 0 radical (unpaired) electrons. The molecule has 0 saturated heterocycles. The highest BCUT2D eigenvalue weighted by molar-refractivity contribution is 5.47. The fraction of sp³-hybridized carbons (Fsp3) is 0.765. The summed E-state index contributed by atoms with van der Waals surface area (Å²) < 4.78 is 5.81. The summed E-state index contributed by atoms with van der Waals surface area (Å²) in [6.07, 6.45) is 8.01.